The van der Waals surface area contributed by atoms with Crippen molar-refractivity contribution in [3.8, 4) is 0 Å². The fourth-order valence-electron chi connectivity index (χ4n) is 1.78. The van der Waals surface area contributed by atoms with Crippen molar-refractivity contribution in [2.45, 2.75) is 11.2 Å². The Morgan fingerprint density at radius 1 is 1.31 bits per heavy atom. The molecule has 1 aliphatic rings. The lowest BCUT2D eigenvalue weighted by atomic mass is 9.98. The van der Waals surface area contributed by atoms with Gasteiger partial charge < -0.3 is 0 Å². The second kappa shape index (κ2) is 5.36. The molecule has 0 saturated carbocycles. The van der Waals surface area contributed by atoms with Crippen molar-refractivity contribution in [1.29, 1.82) is 0 Å². The van der Waals surface area contributed by atoms with Gasteiger partial charge in [-0.1, -0.05) is 15.9 Å². The number of halogens is 4. The molecule has 1 aliphatic heterocycles. The van der Waals surface area contributed by atoms with E-state index in [2.05, 4.69) is 31.9 Å². The Kier molecular flexibility index (Phi) is 4.30. The molecule has 0 spiro atoms. The summed E-state index contributed by atoms with van der Waals surface area (Å²) in [5.74, 6) is 1.38. The Labute approximate surface area is 114 Å². The van der Waals surface area contributed by atoms with Gasteiger partial charge in [-0.25, -0.2) is 8.78 Å². The Morgan fingerprint density at radius 2 is 2.06 bits per heavy atom. The van der Waals surface area contributed by atoms with Gasteiger partial charge in [0.15, 0.2) is 0 Å². The second-order valence-corrected chi connectivity index (χ2v) is 6.94. The van der Waals surface area contributed by atoms with Crippen LogP contribution in [-0.2, 0) is 6.42 Å². The molecule has 0 N–H and O–H groups in total. The highest BCUT2D eigenvalue weighted by Gasteiger charge is 2.28. The van der Waals surface area contributed by atoms with Crippen molar-refractivity contribution in [1.82, 2.24) is 0 Å². The summed E-state index contributed by atoms with van der Waals surface area (Å²) in [5.41, 5.74) is 0.200. The molecule has 2 atom stereocenters. The number of hydrogen-bond acceptors (Lipinski definition) is 1. The molecule has 0 nitrogen and oxygen atoms in total. The number of hydrogen-bond donors (Lipinski definition) is 0. The lowest BCUT2D eigenvalue weighted by Crippen LogP contribution is -2.16. The molecule has 2 unspecified atom stereocenters. The van der Waals surface area contributed by atoms with Crippen LogP contribution in [0.3, 0.4) is 0 Å². The summed E-state index contributed by atoms with van der Waals surface area (Å²) in [6.07, 6.45) is 0.458. The monoisotopic (exact) mass is 370 g/mol. The van der Waals surface area contributed by atoms with Gasteiger partial charge in [0.25, 0.3) is 0 Å². The summed E-state index contributed by atoms with van der Waals surface area (Å²) >= 11 is 8.46. The summed E-state index contributed by atoms with van der Waals surface area (Å²) in [7, 11) is 0. The topological polar surface area (TPSA) is 0 Å². The fourth-order valence-corrected chi connectivity index (χ4v) is 4.62. The van der Waals surface area contributed by atoms with Crippen LogP contribution in [0.5, 0.6) is 0 Å². The van der Waals surface area contributed by atoms with E-state index in [1.165, 1.54) is 12.1 Å². The SMILES string of the molecule is Fc1ccc(Br)c(F)c1CC1CSCC1Br. The zero-order valence-electron chi connectivity index (χ0n) is 8.35. The van der Waals surface area contributed by atoms with Crippen molar-refractivity contribution in [2.75, 3.05) is 11.5 Å². The predicted octanol–water partition coefficient (Wildman–Crippen LogP) is 4.40. The third kappa shape index (κ3) is 2.62. The number of benzene rings is 1. The predicted molar refractivity (Wildman–Crippen MR) is 71.3 cm³/mol. The average Bonchev–Trinajstić information content (AvgIpc) is 2.65. The highest BCUT2D eigenvalue weighted by molar-refractivity contribution is 9.10. The summed E-state index contributed by atoms with van der Waals surface area (Å²) in [5, 5.41) is 0. The van der Waals surface area contributed by atoms with Gasteiger partial charge in [0, 0.05) is 16.1 Å². The molecule has 1 heterocycles. The van der Waals surface area contributed by atoms with E-state index in [0.717, 1.165) is 11.5 Å². The van der Waals surface area contributed by atoms with Gasteiger partial charge >= 0.3 is 0 Å². The minimum absolute atomic E-state index is 0.200. The molecule has 88 valence electrons. The second-order valence-electron chi connectivity index (χ2n) is 3.84. The maximum atomic E-state index is 13.7. The van der Waals surface area contributed by atoms with E-state index in [1.54, 1.807) is 0 Å². The number of rotatable bonds is 2. The zero-order valence-corrected chi connectivity index (χ0v) is 12.3. The van der Waals surface area contributed by atoms with Crippen LogP contribution >= 0.6 is 43.6 Å². The highest BCUT2D eigenvalue weighted by atomic mass is 79.9. The van der Waals surface area contributed by atoms with Crippen LogP contribution in [0.15, 0.2) is 16.6 Å². The largest absolute Gasteiger partial charge is 0.207 e. The van der Waals surface area contributed by atoms with Crippen molar-refractivity contribution in [2.24, 2.45) is 5.92 Å². The summed E-state index contributed by atoms with van der Waals surface area (Å²) in [4.78, 5) is 0.357. The Balaban J connectivity index is 2.23. The molecule has 0 aromatic heterocycles. The van der Waals surface area contributed by atoms with Gasteiger partial charge in [-0.3, -0.25) is 0 Å². The first-order valence-corrected chi connectivity index (χ1v) is 7.80. The third-order valence-electron chi connectivity index (χ3n) is 2.73. The molecule has 1 aromatic rings. The van der Waals surface area contributed by atoms with E-state index in [0.29, 0.717) is 21.6 Å². The van der Waals surface area contributed by atoms with Gasteiger partial charge in [-0.2, -0.15) is 11.8 Å². The van der Waals surface area contributed by atoms with Crippen molar-refractivity contribution in [3.05, 3.63) is 33.8 Å². The van der Waals surface area contributed by atoms with Crippen molar-refractivity contribution in [3.63, 3.8) is 0 Å². The van der Waals surface area contributed by atoms with Crippen LogP contribution in [0.4, 0.5) is 8.78 Å². The molecular weight excluding hydrogens is 362 g/mol. The molecule has 16 heavy (non-hydrogen) atoms. The van der Waals surface area contributed by atoms with Crippen molar-refractivity contribution < 1.29 is 8.78 Å². The maximum Gasteiger partial charge on any atom is 0.143 e. The molecule has 0 radical (unpaired) electrons. The number of thioether (sulfide) groups is 1. The van der Waals surface area contributed by atoms with Crippen LogP contribution in [0, 0.1) is 17.6 Å². The van der Waals surface area contributed by atoms with Crippen LogP contribution in [0.2, 0.25) is 0 Å². The highest BCUT2D eigenvalue weighted by Crippen LogP contribution is 2.34. The molecule has 1 saturated heterocycles. The molecule has 5 heteroatoms. The minimum Gasteiger partial charge on any atom is -0.207 e. The van der Waals surface area contributed by atoms with E-state index >= 15 is 0 Å². The van der Waals surface area contributed by atoms with Crippen molar-refractivity contribution >= 4 is 43.6 Å². The van der Waals surface area contributed by atoms with Gasteiger partial charge in [0.1, 0.15) is 11.6 Å². The fraction of sp³-hybridized carbons (Fsp3) is 0.455. The summed E-state index contributed by atoms with van der Waals surface area (Å²) < 4.78 is 27.6. The average molecular weight is 372 g/mol. The minimum atomic E-state index is -0.461. The molecule has 2 rings (SSSR count). The van der Waals surface area contributed by atoms with E-state index in [9.17, 15) is 8.78 Å². The standard InChI is InChI=1S/C11H10Br2F2S/c12-8-1-2-10(14)7(11(8)15)3-6-4-16-5-9(6)13/h1-2,6,9H,3-5H2. The molecular formula is C11H10Br2F2S. The third-order valence-corrected chi connectivity index (χ3v) is 6.10. The lowest BCUT2D eigenvalue weighted by molar-refractivity contribution is 0.515. The van der Waals surface area contributed by atoms with Gasteiger partial charge in [-0.15, -0.1) is 0 Å². The lowest BCUT2D eigenvalue weighted by Gasteiger charge is -2.14. The molecule has 0 aliphatic carbocycles. The van der Waals surface area contributed by atoms with E-state index in [1.807, 2.05) is 11.8 Å². The van der Waals surface area contributed by atoms with E-state index in [-0.39, 0.29) is 5.56 Å². The first kappa shape index (κ1) is 12.8. The molecule has 1 aromatic carbocycles. The Hall–Kier alpha value is 0.390. The first-order chi connectivity index (χ1) is 7.59. The van der Waals surface area contributed by atoms with Crippen LogP contribution in [0.25, 0.3) is 0 Å². The quantitative estimate of drug-likeness (QED) is 0.548. The normalized spacial score (nSPS) is 25.0. The summed E-state index contributed by atoms with van der Waals surface area (Å²) in [6, 6.07) is 2.72. The van der Waals surface area contributed by atoms with E-state index in [4.69, 9.17) is 0 Å². The maximum absolute atomic E-state index is 13.7. The molecule has 1 fully saturated rings. The van der Waals surface area contributed by atoms with Gasteiger partial charge in [0.05, 0.1) is 4.47 Å². The Morgan fingerprint density at radius 3 is 2.69 bits per heavy atom. The number of alkyl halides is 1. The van der Waals surface area contributed by atoms with Crippen LogP contribution in [-0.4, -0.2) is 16.3 Å². The van der Waals surface area contributed by atoms with Gasteiger partial charge in [-0.05, 0) is 46.2 Å². The smallest absolute Gasteiger partial charge is 0.143 e. The summed E-state index contributed by atoms with van der Waals surface area (Å²) in [6.45, 7) is 0. The molecule has 0 amide bonds. The molecule has 0 bridgehead atoms. The van der Waals surface area contributed by atoms with E-state index < -0.39 is 11.6 Å². The van der Waals surface area contributed by atoms with Crippen LogP contribution < -0.4 is 0 Å². The first-order valence-electron chi connectivity index (χ1n) is 4.93. The van der Waals surface area contributed by atoms with Gasteiger partial charge in [0.2, 0.25) is 0 Å². The Bertz CT molecular complexity index is 398. The van der Waals surface area contributed by atoms with Crippen LogP contribution in [0.1, 0.15) is 5.56 Å². The zero-order chi connectivity index (χ0) is 11.7.